The van der Waals surface area contributed by atoms with Crippen LogP contribution in [0.1, 0.15) is 34.1 Å². The molecule has 0 fully saturated rings. The minimum absolute atomic E-state index is 0.220. The standard InChI is InChI=1S/C12H14N2O2/c1-3-6-13-8-4-5-9-10(7-8)12(16)14(2)11(9)15/h4-5,7,13H,3,6H2,1-2H3. The molecule has 1 aliphatic heterocycles. The number of carbonyl (C=O) groups excluding carboxylic acids is 2. The Bertz CT molecular complexity index is 454. The fraction of sp³-hybridized carbons (Fsp3) is 0.333. The van der Waals surface area contributed by atoms with Crippen LogP contribution < -0.4 is 5.32 Å². The molecular weight excluding hydrogens is 204 g/mol. The largest absolute Gasteiger partial charge is 0.385 e. The van der Waals surface area contributed by atoms with Crippen molar-refractivity contribution in [1.82, 2.24) is 4.90 Å². The van der Waals surface area contributed by atoms with Gasteiger partial charge in [0.2, 0.25) is 0 Å². The molecule has 0 aromatic heterocycles. The number of benzene rings is 1. The van der Waals surface area contributed by atoms with Gasteiger partial charge in [-0.1, -0.05) is 6.92 Å². The van der Waals surface area contributed by atoms with Crippen molar-refractivity contribution in [2.45, 2.75) is 13.3 Å². The van der Waals surface area contributed by atoms with Gasteiger partial charge in [0.25, 0.3) is 11.8 Å². The molecule has 2 rings (SSSR count). The van der Waals surface area contributed by atoms with Gasteiger partial charge in [0.15, 0.2) is 0 Å². The van der Waals surface area contributed by atoms with Crippen LogP contribution >= 0.6 is 0 Å². The van der Waals surface area contributed by atoms with E-state index in [1.165, 1.54) is 7.05 Å². The summed E-state index contributed by atoms with van der Waals surface area (Å²) in [7, 11) is 1.50. The molecule has 0 saturated carbocycles. The Kier molecular flexibility index (Phi) is 2.64. The molecule has 0 spiro atoms. The molecular formula is C12H14N2O2. The van der Waals surface area contributed by atoms with Crippen LogP contribution in [-0.4, -0.2) is 30.3 Å². The number of imide groups is 1. The summed E-state index contributed by atoms with van der Waals surface area (Å²) in [5, 5.41) is 3.19. The summed E-state index contributed by atoms with van der Waals surface area (Å²) in [5.74, 6) is -0.442. The molecule has 1 aromatic rings. The normalized spacial score (nSPS) is 14.2. The number of nitrogens with zero attached hydrogens (tertiary/aromatic N) is 1. The highest BCUT2D eigenvalue weighted by Gasteiger charge is 2.32. The summed E-state index contributed by atoms with van der Waals surface area (Å²) in [6.45, 7) is 2.93. The van der Waals surface area contributed by atoms with E-state index in [1.807, 2.05) is 6.07 Å². The summed E-state index contributed by atoms with van der Waals surface area (Å²) in [6, 6.07) is 5.28. The van der Waals surface area contributed by atoms with Gasteiger partial charge in [0, 0.05) is 19.3 Å². The molecule has 0 atom stereocenters. The third-order valence-corrected chi connectivity index (χ3v) is 2.67. The SMILES string of the molecule is CCCNc1ccc2c(c1)C(=O)N(C)C2=O. The van der Waals surface area contributed by atoms with Crippen molar-refractivity contribution >= 4 is 17.5 Å². The Hall–Kier alpha value is -1.84. The number of nitrogens with one attached hydrogen (secondary N) is 1. The molecule has 1 heterocycles. The molecule has 1 aromatic carbocycles. The minimum atomic E-state index is -0.222. The maximum absolute atomic E-state index is 11.7. The lowest BCUT2D eigenvalue weighted by Crippen LogP contribution is -2.24. The highest BCUT2D eigenvalue weighted by Crippen LogP contribution is 2.24. The maximum Gasteiger partial charge on any atom is 0.261 e. The first-order valence-corrected chi connectivity index (χ1v) is 5.35. The second-order valence-electron chi connectivity index (χ2n) is 3.86. The van der Waals surface area contributed by atoms with E-state index in [1.54, 1.807) is 12.1 Å². The van der Waals surface area contributed by atoms with Crippen LogP contribution in [0.5, 0.6) is 0 Å². The Balaban J connectivity index is 2.34. The van der Waals surface area contributed by atoms with Crippen molar-refractivity contribution in [3.63, 3.8) is 0 Å². The molecule has 0 bridgehead atoms. The number of hydrogen-bond acceptors (Lipinski definition) is 3. The van der Waals surface area contributed by atoms with Gasteiger partial charge in [-0.15, -0.1) is 0 Å². The lowest BCUT2D eigenvalue weighted by atomic mass is 10.1. The third-order valence-electron chi connectivity index (χ3n) is 2.67. The molecule has 0 saturated heterocycles. The Labute approximate surface area is 94.2 Å². The first-order chi connectivity index (χ1) is 7.65. The second-order valence-corrected chi connectivity index (χ2v) is 3.86. The first kappa shape index (κ1) is 10.7. The number of amides is 2. The smallest absolute Gasteiger partial charge is 0.261 e. The lowest BCUT2D eigenvalue weighted by Gasteiger charge is -2.05. The van der Waals surface area contributed by atoms with Gasteiger partial charge in [-0.05, 0) is 24.6 Å². The number of anilines is 1. The molecule has 0 radical (unpaired) electrons. The van der Waals surface area contributed by atoms with Crippen LogP contribution in [0.25, 0.3) is 0 Å². The Morgan fingerprint density at radius 3 is 2.56 bits per heavy atom. The van der Waals surface area contributed by atoms with E-state index in [0.29, 0.717) is 11.1 Å². The van der Waals surface area contributed by atoms with E-state index >= 15 is 0 Å². The van der Waals surface area contributed by atoms with Gasteiger partial charge in [0.1, 0.15) is 0 Å². The van der Waals surface area contributed by atoms with Crippen molar-refractivity contribution in [2.75, 3.05) is 18.9 Å². The summed E-state index contributed by atoms with van der Waals surface area (Å²) in [4.78, 5) is 24.5. The summed E-state index contributed by atoms with van der Waals surface area (Å²) >= 11 is 0. The van der Waals surface area contributed by atoms with Crippen LogP contribution in [-0.2, 0) is 0 Å². The second kappa shape index (κ2) is 3.96. The topological polar surface area (TPSA) is 49.4 Å². The molecule has 4 nitrogen and oxygen atoms in total. The Morgan fingerprint density at radius 1 is 1.19 bits per heavy atom. The van der Waals surface area contributed by atoms with Gasteiger partial charge in [-0.2, -0.15) is 0 Å². The van der Waals surface area contributed by atoms with Crippen LogP contribution in [0.3, 0.4) is 0 Å². The van der Waals surface area contributed by atoms with Crippen LogP contribution in [0.15, 0.2) is 18.2 Å². The maximum atomic E-state index is 11.7. The molecule has 16 heavy (non-hydrogen) atoms. The molecule has 1 aliphatic rings. The zero-order valence-electron chi connectivity index (χ0n) is 9.41. The molecule has 4 heteroatoms. The summed E-state index contributed by atoms with van der Waals surface area (Å²) in [6.07, 6.45) is 1.02. The third kappa shape index (κ3) is 1.56. The van der Waals surface area contributed by atoms with Gasteiger partial charge >= 0.3 is 0 Å². The average Bonchev–Trinajstić information content (AvgIpc) is 2.52. The van der Waals surface area contributed by atoms with Crippen molar-refractivity contribution in [3.8, 4) is 0 Å². The molecule has 0 aliphatic carbocycles. The highest BCUT2D eigenvalue weighted by molar-refractivity contribution is 6.21. The van der Waals surface area contributed by atoms with Gasteiger partial charge in [0.05, 0.1) is 11.1 Å². The van der Waals surface area contributed by atoms with Crippen LogP contribution in [0.2, 0.25) is 0 Å². The molecule has 0 unspecified atom stereocenters. The van der Waals surface area contributed by atoms with E-state index in [9.17, 15) is 9.59 Å². The fourth-order valence-electron chi connectivity index (χ4n) is 1.74. The molecule has 84 valence electrons. The lowest BCUT2D eigenvalue weighted by molar-refractivity contribution is 0.0693. The van der Waals surface area contributed by atoms with E-state index in [-0.39, 0.29) is 11.8 Å². The monoisotopic (exact) mass is 218 g/mol. The fourth-order valence-corrected chi connectivity index (χ4v) is 1.74. The number of hydrogen-bond donors (Lipinski definition) is 1. The minimum Gasteiger partial charge on any atom is -0.385 e. The van der Waals surface area contributed by atoms with E-state index < -0.39 is 0 Å². The van der Waals surface area contributed by atoms with E-state index in [4.69, 9.17) is 0 Å². The van der Waals surface area contributed by atoms with Crippen molar-refractivity contribution in [2.24, 2.45) is 0 Å². The number of fused-ring (bicyclic) bond motifs is 1. The van der Waals surface area contributed by atoms with Crippen molar-refractivity contribution in [3.05, 3.63) is 29.3 Å². The predicted molar refractivity (Wildman–Crippen MR) is 61.6 cm³/mol. The van der Waals surface area contributed by atoms with Gasteiger partial charge in [-0.3, -0.25) is 14.5 Å². The zero-order chi connectivity index (χ0) is 11.7. The number of carbonyl (C=O) groups is 2. The average molecular weight is 218 g/mol. The van der Waals surface area contributed by atoms with Crippen molar-refractivity contribution in [1.29, 1.82) is 0 Å². The quantitative estimate of drug-likeness (QED) is 0.786. The van der Waals surface area contributed by atoms with Gasteiger partial charge in [-0.25, -0.2) is 0 Å². The highest BCUT2D eigenvalue weighted by atomic mass is 16.2. The summed E-state index contributed by atoms with van der Waals surface area (Å²) in [5.41, 5.74) is 1.88. The predicted octanol–water partition coefficient (Wildman–Crippen LogP) is 1.73. The van der Waals surface area contributed by atoms with E-state index in [2.05, 4.69) is 12.2 Å². The zero-order valence-corrected chi connectivity index (χ0v) is 9.41. The van der Waals surface area contributed by atoms with Gasteiger partial charge < -0.3 is 5.32 Å². The first-order valence-electron chi connectivity index (χ1n) is 5.35. The van der Waals surface area contributed by atoms with Crippen LogP contribution in [0.4, 0.5) is 5.69 Å². The number of rotatable bonds is 3. The molecule has 1 N–H and O–H groups in total. The molecule has 2 amide bonds. The van der Waals surface area contributed by atoms with Crippen molar-refractivity contribution < 1.29 is 9.59 Å². The van der Waals surface area contributed by atoms with E-state index in [0.717, 1.165) is 23.6 Å². The van der Waals surface area contributed by atoms with Crippen LogP contribution in [0, 0.1) is 0 Å². The summed E-state index contributed by atoms with van der Waals surface area (Å²) < 4.78 is 0. The Morgan fingerprint density at radius 2 is 1.88 bits per heavy atom.